The van der Waals surface area contributed by atoms with E-state index < -0.39 is 0 Å². The van der Waals surface area contributed by atoms with Crippen molar-refractivity contribution in [3.8, 4) is 0 Å². The van der Waals surface area contributed by atoms with Gasteiger partial charge in [-0.25, -0.2) is 0 Å². The molecule has 15 heavy (non-hydrogen) atoms. The van der Waals surface area contributed by atoms with Crippen molar-refractivity contribution >= 4 is 27.3 Å². The summed E-state index contributed by atoms with van der Waals surface area (Å²) in [6.07, 6.45) is 4.41. The second kappa shape index (κ2) is 4.83. The lowest BCUT2D eigenvalue weighted by atomic mass is 10.1. The van der Waals surface area contributed by atoms with Crippen LogP contribution < -0.4 is 5.73 Å². The summed E-state index contributed by atoms with van der Waals surface area (Å²) >= 11 is 4.96. The molecular weight excluding hydrogens is 274 g/mol. The molecule has 2 rings (SSSR count). The van der Waals surface area contributed by atoms with Crippen LogP contribution >= 0.6 is 27.3 Å². The SMILES string of the molecule is NC(Cc1cncs1)c1ccc(Br)cn1. The minimum atomic E-state index is -0.0569. The Morgan fingerprint density at radius 1 is 1.40 bits per heavy atom. The molecule has 5 heteroatoms. The molecule has 2 aromatic rings. The molecule has 0 spiro atoms. The summed E-state index contributed by atoms with van der Waals surface area (Å²) in [7, 11) is 0. The summed E-state index contributed by atoms with van der Waals surface area (Å²) in [5.74, 6) is 0. The average Bonchev–Trinajstić information content (AvgIpc) is 2.71. The standard InChI is InChI=1S/C10H10BrN3S/c11-7-1-2-10(14-4-7)9(12)3-8-5-13-6-15-8/h1-2,4-6,9H,3,12H2. The summed E-state index contributed by atoms with van der Waals surface area (Å²) in [5, 5.41) is 0. The van der Waals surface area contributed by atoms with E-state index in [1.807, 2.05) is 23.8 Å². The van der Waals surface area contributed by atoms with Gasteiger partial charge in [-0.2, -0.15) is 0 Å². The first-order chi connectivity index (χ1) is 7.25. The van der Waals surface area contributed by atoms with E-state index in [1.165, 1.54) is 4.88 Å². The van der Waals surface area contributed by atoms with E-state index in [-0.39, 0.29) is 6.04 Å². The monoisotopic (exact) mass is 283 g/mol. The molecule has 2 N–H and O–H groups in total. The molecule has 2 aromatic heterocycles. The summed E-state index contributed by atoms with van der Waals surface area (Å²) < 4.78 is 0.969. The van der Waals surface area contributed by atoms with E-state index in [1.54, 1.807) is 17.5 Å². The number of pyridine rings is 1. The maximum Gasteiger partial charge on any atom is 0.0794 e. The third-order valence-corrected chi connectivity index (χ3v) is 3.31. The zero-order valence-electron chi connectivity index (χ0n) is 7.93. The highest BCUT2D eigenvalue weighted by atomic mass is 79.9. The maximum absolute atomic E-state index is 6.04. The Bertz CT molecular complexity index is 413. The van der Waals surface area contributed by atoms with E-state index >= 15 is 0 Å². The maximum atomic E-state index is 6.04. The third kappa shape index (κ3) is 2.84. The van der Waals surface area contributed by atoms with Crippen molar-refractivity contribution in [1.82, 2.24) is 9.97 Å². The summed E-state index contributed by atoms with van der Waals surface area (Å²) in [4.78, 5) is 9.48. The van der Waals surface area contributed by atoms with Crippen LogP contribution in [0.25, 0.3) is 0 Å². The lowest BCUT2D eigenvalue weighted by Gasteiger charge is -2.08. The minimum absolute atomic E-state index is 0.0569. The Balaban J connectivity index is 2.08. The Kier molecular flexibility index (Phi) is 3.45. The predicted molar refractivity (Wildman–Crippen MR) is 64.7 cm³/mol. The molecule has 0 amide bonds. The number of thiazole rings is 1. The summed E-state index contributed by atoms with van der Waals surface area (Å²) in [6, 6.07) is 3.84. The van der Waals surface area contributed by atoms with Gasteiger partial charge in [-0.1, -0.05) is 0 Å². The summed E-state index contributed by atoms with van der Waals surface area (Å²) in [5.41, 5.74) is 8.76. The molecule has 0 radical (unpaired) electrons. The zero-order valence-corrected chi connectivity index (χ0v) is 10.3. The van der Waals surface area contributed by atoms with Crippen molar-refractivity contribution in [2.24, 2.45) is 5.73 Å². The van der Waals surface area contributed by atoms with E-state index in [0.29, 0.717) is 0 Å². The molecule has 78 valence electrons. The molecule has 0 aliphatic heterocycles. The van der Waals surface area contributed by atoms with Crippen LogP contribution in [0.2, 0.25) is 0 Å². The van der Waals surface area contributed by atoms with Gasteiger partial charge < -0.3 is 5.73 Å². The van der Waals surface area contributed by atoms with Gasteiger partial charge in [0, 0.05) is 28.2 Å². The highest BCUT2D eigenvalue weighted by Crippen LogP contribution is 2.17. The molecule has 2 heterocycles. The first-order valence-corrected chi connectivity index (χ1v) is 6.17. The topological polar surface area (TPSA) is 51.8 Å². The summed E-state index contributed by atoms with van der Waals surface area (Å²) in [6.45, 7) is 0. The van der Waals surface area contributed by atoms with Crippen LogP contribution in [0.4, 0.5) is 0 Å². The fourth-order valence-electron chi connectivity index (χ4n) is 1.27. The van der Waals surface area contributed by atoms with Crippen LogP contribution in [0.1, 0.15) is 16.6 Å². The number of aromatic nitrogens is 2. The molecule has 0 fully saturated rings. The normalized spacial score (nSPS) is 12.7. The highest BCUT2D eigenvalue weighted by Gasteiger charge is 2.09. The fourth-order valence-corrected chi connectivity index (χ4v) is 2.16. The zero-order chi connectivity index (χ0) is 10.7. The van der Waals surface area contributed by atoms with Crippen LogP contribution in [0.3, 0.4) is 0 Å². The fraction of sp³-hybridized carbons (Fsp3) is 0.200. The van der Waals surface area contributed by atoms with Gasteiger partial charge in [0.05, 0.1) is 17.2 Å². The van der Waals surface area contributed by atoms with Crippen molar-refractivity contribution in [2.45, 2.75) is 12.5 Å². The van der Waals surface area contributed by atoms with Gasteiger partial charge in [0.1, 0.15) is 0 Å². The quantitative estimate of drug-likeness (QED) is 0.942. The van der Waals surface area contributed by atoms with Crippen LogP contribution in [-0.4, -0.2) is 9.97 Å². The number of hydrogen-bond acceptors (Lipinski definition) is 4. The van der Waals surface area contributed by atoms with Crippen LogP contribution in [0.5, 0.6) is 0 Å². The Morgan fingerprint density at radius 2 is 2.27 bits per heavy atom. The van der Waals surface area contributed by atoms with E-state index in [4.69, 9.17) is 5.73 Å². The van der Waals surface area contributed by atoms with Crippen LogP contribution in [-0.2, 0) is 6.42 Å². The molecule has 0 aliphatic rings. The van der Waals surface area contributed by atoms with Gasteiger partial charge in [-0.3, -0.25) is 9.97 Å². The van der Waals surface area contributed by atoms with Crippen molar-refractivity contribution in [3.63, 3.8) is 0 Å². The van der Waals surface area contributed by atoms with Gasteiger partial charge in [-0.15, -0.1) is 11.3 Å². The number of hydrogen-bond donors (Lipinski definition) is 1. The number of nitrogens with zero attached hydrogens (tertiary/aromatic N) is 2. The van der Waals surface area contributed by atoms with Crippen molar-refractivity contribution in [1.29, 1.82) is 0 Å². The first kappa shape index (κ1) is 10.7. The molecule has 1 unspecified atom stereocenters. The van der Waals surface area contributed by atoms with Crippen LogP contribution in [0, 0.1) is 0 Å². The number of nitrogens with two attached hydrogens (primary N) is 1. The van der Waals surface area contributed by atoms with Crippen molar-refractivity contribution < 1.29 is 0 Å². The molecule has 0 aromatic carbocycles. The van der Waals surface area contributed by atoms with Crippen molar-refractivity contribution in [2.75, 3.05) is 0 Å². The van der Waals surface area contributed by atoms with Gasteiger partial charge >= 0.3 is 0 Å². The van der Waals surface area contributed by atoms with Gasteiger partial charge in [0.2, 0.25) is 0 Å². The number of halogens is 1. The van der Waals surface area contributed by atoms with Gasteiger partial charge in [-0.05, 0) is 28.1 Å². The Labute approximate surface area is 101 Å². The lowest BCUT2D eigenvalue weighted by molar-refractivity contribution is 0.702. The molecule has 0 saturated carbocycles. The lowest BCUT2D eigenvalue weighted by Crippen LogP contribution is -2.14. The predicted octanol–water partition coefficient (Wildman–Crippen LogP) is 2.54. The second-order valence-electron chi connectivity index (χ2n) is 3.18. The smallest absolute Gasteiger partial charge is 0.0794 e. The average molecular weight is 284 g/mol. The minimum Gasteiger partial charge on any atom is -0.322 e. The molecule has 3 nitrogen and oxygen atoms in total. The van der Waals surface area contributed by atoms with Crippen molar-refractivity contribution in [3.05, 3.63) is 45.1 Å². The highest BCUT2D eigenvalue weighted by molar-refractivity contribution is 9.10. The number of rotatable bonds is 3. The molecule has 1 atom stereocenters. The van der Waals surface area contributed by atoms with Crippen LogP contribution in [0.15, 0.2) is 34.5 Å². The van der Waals surface area contributed by atoms with E-state index in [2.05, 4.69) is 25.9 Å². The largest absolute Gasteiger partial charge is 0.322 e. The van der Waals surface area contributed by atoms with E-state index in [0.717, 1.165) is 16.6 Å². The molecular formula is C10H10BrN3S. The molecule has 0 saturated heterocycles. The second-order valence-corrected chi connectivity index (χ2v) is 5.07. The Hall–Kier alpha value is -0.780. The Morgan fingerprint density at radius 3 is 2.87 bits per heavy atom. The third-order valence-electron chi connectivity index (χ3n) is 2.03. The van der Waals surface area contributed by atoms with Gasteiger partial charge in [0.25, 0.3) is 0 Å². The first-order valence-electron chi connectivity index (χ1n) is 4.50. The van der Waals surface area contributed by atoms with E-state index in [9.17, 15) is 0 Å². The van der Waals surface area contributed by atoms with Gasteiger partial charge in [0.15, 0.2) is 0 Å². The molecule has 0 bridgehead atoms. The molecule has 0 aliphatic carbocycles.